The van der Waals surface area contributed by atoms with Crippen LogP contribution in [0.4, 0.5) is 0 Å². The number of amides is 1. The maximum absolute atomic E-state index is 12.7. The van der Waals surface area contributed by atoms with Gasteiger partial charge in [0.2, 0.25) is 11.5 Å². The fourth-order valence-electron chi connectivity index (χ4n) is 2.55. The third kappa shape index (κ3) is 4.64. The molecule has 0 radical (unpaired) electrons. The van der Waals surface area contributed by atoms with Gasteiger partial charge in [-0.1, -0.05) is 11.3 Å². The van der Waals surface area contributed by atoms with Crippen LogP contribution in [0.5, 0.6) is 16.7 Å². The molecular weight excluding hydrogens is 438 g/mol. The van der Waals surface area contributed by atoms with Crippen molar-refractivity contribution < 1.29 is 28.8 Å². The van der Waals surface area contributed by atoms with E-state index in [1.54, 1.807) is 30.3 Å². The summed E-state index contributed by atoms with van der Waals surface area (Å²) >= 11 is 1.14. The summed E-state index contributed by atoms with van der Waals surface area (Å²) in [6.45, 7) is 3.00. The van der Waals surface area contributed by atoms with E-state index in [9.17, 15) is 9.59 Å². The van der Waals surface area contributed by atoms with Gasteiger partial charge in [-0.15, -0.1) is 0 Å². The fraction of sp³-hybridized carbons (Fsp3) is 0.200. The predicted molar refractivity (Wildman–Crippen MR) is 112 cm³/mol. The van der Waals surface area contributed by atoms with E-state index in [0.717, 1.165) is 11.3 Å². The Kier molecular flexibility index (Phi) is 5.69. The highest BCUT2D eigenvalue weighted by Crippen LogP contribution is 2.27. The molecule has 4 rings (SSSR count). The number of hydrogen-bond donors (Lipinski definition) is 2. The van der Waals surface area contributed by atoms with Gasteiger partial charge in [-0.05, 0) is 48.4 Å². The minimum Gasteiger partial charge on any atom is -0.478 e. The van der Waals surface area contributed by atoms with Gasteiger partial charge in [0.05, 0.1) is 12.7 Å². The van der Waals surface area contributed by atoms with Gasteiger partial charge >= 0.3 is 5.97 Å². The van der Waals surface area contributed by atoms with Crippen LogP contribution in [0.25, 0.3) is 11.0 Å². The van der Waals surface area contributed by atoms with Gasteiger partial charge in [-0.25, -0.2) is 19.4 Å². The number of carbonyl (C=O) groups is 2. The van der Waals surface area contributed by atoms with Gasteiger partial charge in [0.15, 0.2) is 5.06 Å². The SMILES string of the molecule is CC(C)(Oc1cnc(CNC(=O)c2cccnc2Oc2ccc3nonc3c2)s1)C(=O)O. The van der Waals surface area contributed by atoms with Crippen molar-refractivity contribution in [2.75, 3.05) is 0 Å². The van der Waals surface area contributed by atoms with Crippen LogP contribution in [0.1, 0.15) is 29.2 Å². The number of rotatable bonds is 8. The first-order valence-corrected chi connectivity index (χ1v) is 10.1. The molecule has 12 heteroatoms. The minimum atomic E-state index is -1.39. The van der Waals surface area contributed by atoms with Gasteiger partial charge in [0, 0.05) is 12.3 Å². The molecule has 0 saturated carbocycles. The van der Waals surface area contributed by atoms with Crippen molar-refractivity contribution >= 4 is 34.2 Å². The predicted octanol–water partition coefficient (Wildman–Crippen LogP) is 3.04. The van der Waals surface area contributed by atoms with E-state index >= 15 is 0 Å². The summed E-state index contributed by atoms with van der Waals surface area (Å²) in [5.41, 5.74) is -0.0712. The quantitative estimate of drug-likeness (QED) is 0.406. The van der Waals surface area contributed by atoms with Crippen molar-refractivity contribution in [3.63, 3.8) is 0 Å². The summed E-state index contributed by atoms with van der Waals surface area (Å²) in [6, 6.07) is 8.17. The second-order valence-corrected chi connectivity index (χ2v) is 8.12. The number of fused-ring (bicyclic) bond motifs is 1. The molecule has 0 spiro atoms. The number of carbonyl (C=O) groups excluding carboxylic acids is 1. The molecule has 0 atom stereocenters. The molecule has 3 heterocycles. The highest BCUT2D eigenvalue weighted by atomic mass is 32.1. The lowest BCUT2D eigenvalue weighted by atomic mass is 10.1. The number of thiazole rings is 1. The Bertz CT molecular complexity index is 1280. The second-order valence-electron chi connectivity index (χ2n) is 7.05. The van der Waals surface area contributed by atoms with Crippen molar-refractivity contribution in [3.8, 4) is 16.7 Å². The lowest BCUT2D eigenvalue weighted by molar-refractivity contribution is -0.152. The Morgan fingerprint density at radius 2 is 2.00 bits per heavy atom. The van der Waals surface area contributed by atoms with E-state index in [1.807, 2.05) is 0 Å². The summed E-state index contributed by atoms with van der Waals surface area (Å²) in [5.74, 6) is -0.972. The van der Waals surface area contributed by atoms with Crippen LogP contribution in [-0.4, -0.2) is 42.9 Å². The van der Waals surface area contributed by atoms with Gasteiger partial charge in [0.1, 0.15) is 27.4 Å². The average Bonchev–Trinajstić information content (AvgIpc) is 3.41. The number of ether oxygens (including phenoxy) is 2. The van der Waals surface area contributed by atoms with Crippen LogP contribution in [0.2, 0.25) is 0 Å². The fourth-order valence-corrected chi connectivity index (χ4v) is 3.39. The van der Waals surface area contributed by atoms with E-state index in [4.69, 9.17) is 14.6 Å². The van der Waals surface area contributed by atoms with Gasteiger partial charge in [-0.2, -0.15) is 0 Å². The third-order valence-electron chi connectivity index (χ3n) is 4.26. The molecule has 11 nitrogen and oxygen atoms in total. The summed E-state index contributed by atoms with van der Waals surface area (Å²) < 4.78 is 15.9. The Labute approximate surface area is 185 Å². The maximum atomic E-state index is 12.7. The number of benzene rings is 1. The number of aliphatic carboxylic acids is 1. The Balaban J connectivity index is 1.42. The summed E-state index contributed by atoms with van der Waals surface area (Å²) in [6.07, 6.45) is 2.93. The smallest absolute Gasteiger partial charge is 0.347 e. The molecule has 4 aromatic rings. The van der Waals surface area contributed by atoms with Crippen LogP contribution >= 0.6 is 11.3 Å². The van der Waals surface area contributed by atoms with Crippen LogP contribution in [0.15, 0.2) is 47.4 Å². The number of aromatic nitrogens is 4. The lowest BCUT2D eigenvalue weighted by Gasteiger charge is -2.19. The topological polar surface area (TPSA) is 150 Å². The van der Waals surface area contributed by atoms with Crippen LogP contribution < -0.4 is 14.8 Å². The van der Waals surface area contributed by atoms with Gasteiger partial charge < -0.3 is 19.9 Å². The number of nitrogens with one attached hydrogen (secondary N) is 1. The molecule has 3 aromatic heterocycles. The molecule has 0 fully saturated rings. The Hall–Kier alpha value is -4.06. The third-order valence-corrected chi connectivity index (χ3v) is 5.13. The molecule has 32 heavy (non-hydrogen) atoms. The molecule has 0 saturated heterocycles. The van der Waals surface area contributed by atoms with Gasteiger partial charge in [0.25, 0.3) is 5.91 Å². The number of hydrogen-bond acceptors (Lipinski definition) is 10. The first-order chi connectivity index (χ1) is 15.3. The summed E-state index contributed by atoms with van der Waals surface area (Å²) in [7, 11) is 0. The zero-order valence-corrected chi connectivity index (χ0v) is 17.8. The molecule has 1 aromatic carbocycles. The Morgan fingerprint density at radius 1 is 1.19 bits per heavy atom. The van der Waals surface area contributed by atoms with Crippen LogP contribution in [0, 0.1) is 0 Å². The zero-order valence-electron chi connectivity index (χ0n) is 16.9. The largest absolute Gasteiger partial charge is 0.478 e. The first-order valence-electron chi connectivity index (χ1n) is 9.32. The van der Waals surface area contributed by atoms with Crippen molar-refractivity contribution in [2.24, 2.45) is 0 Å². The van der Waals surface area contributed by atoms with E-state index in [1.165, 1.54) is 26.2 Å². The number of pyridine rings is 1. The van der Waals surface area contributed by atoms with E-state index in [2.05, 4.69) is 30.2 Å². The molecule has 164 valence electrons. The standard InChI is InChI=1S/C20H17N5O6S/c1-20(2,19(27)28)30-16-10-22-15(32-16)9-23-17(26)12-4-3-7-21-18(12)29-11-5-6-13-14(8-11)25-31-24-13/h3-8,10H,9H2,1-2H3,(H,23,26)(H,27,28). The molecule has 0 aliphatic rings. The molecule has 0 aliphatic carbocycles. The van der Waals surface area contributed by atoms with Crippen molar-refractivity contribution in [1.82, 2.24) is 25.6 Å². The number of carboxylic acid groups (broad SMARTS) is 1. The highest BCUT2D eigenvalue weighted by Gasteiger charge is 2.30. The highest BCUT2D eigenvalue weighted by molar-refractivity contribution is 7.13. The minimum absolute atomic E-state index is 0.116. The molecule has 0 unspecified atom stereocenters. The summed E-state index contributed by atoms with van der Waals surface area (Å²) in [5, 5.41) is 20.3. The molecule has 0 aliphatic heterocycles. The van der Waals surface area contributed by atoms with Crippen LogP contribution in [0.3, 0.4) is 0 Å². The van der Waals surface area contributed by atoms with E-state index in [0.29, 0.717) is 26.9 Å². The average molecular weight is 455 g/mol. The van der Waals surface area contributed by atoms with E-state index in [-0.39, 0.29) is 18.0 Å². The summed E-state index contributed by atoms with van der Waals surface area (Å²) in [4.78, 5) is 32.2. The van der Waals surface area contributed by atoms with Crippen molar-refractivity contribution in [3.05, 3.63) is 53.3 Å². The van der Waals surface area contributed by atoms with Crippen molar-refractivity contribution in [1.29, 1.82) is 0 Å². The zero-order chi connectivity index (χ0) is 22.7. The van der Waals surface area contributed by atoms with E-state index < -0.39 is 17.5 Å². The van der Waals surface area contributed by atoms with Crippen LogP contribution in [-0.2, 0) is 11.3 Å². The maximum Gasteiger partial charge on any atom is 0.347 e. The first kappa shape index (κ1) is 21.2. The van der Waals surface area contributed by atoms with Crippen molar-refractivity contribution in [2.45, 2.75) is 26.0 Å². The Morgan fingerprint density at radius 3 is 2.81 bits per heavy atom. The lowest BCUT2D eigenvalue weighted by Crippen LogP contribution is -2.37. The molecule has 2 N–H and O–H groups in total. The normalized spacial score (nSPS) is 11.3. The molecule has 1 amide bonds. The molecular formula is C20H17N5O6S. The molecule has 0 bridgehead atoms. The monoisotopic (exact) mass is 455 g/mol. The number of nitrogens with zero attached hydrogens (tertiary/aromatic N) is 4. The van der Waals surface area contributed by atoms with Gasteiger partial charge in [-0.3, -0.25) is 4.79 Å². The number of carboxylic acids is 1. The second kappa shape index (κ2) is 8.59.